The van der Waals surface area contributed by atoms with Crippen LogP contribution >= 0.6 is 0 Å². The van der Waals surface area contributed by atoms with Crippen molar-refractivity contribution in [2.24, 2.45) is 0 Å². The standard InChI is InChI=1S/C17H14F2N2O/c1-22-15-9-11(10-20-12-5-3-2-4-6-12)13-7-8-14(18)16(19)17(13)21-15/h2-9,20H,10H2,1H3. The monoisotopic (exact) mass is 300 g/mol. The summed E-state index contributed by atoms with van der Waals surface area (Å²) in [6, 6.07) is 14.0. The van der Waals surface area contributed by atoms with Gasteiger partial charge in [-0.25, -0.2) is 13.8 Å². The van der Waals surface area contributed by atoms with Gasteiger partial charge in [0.1, 0.15) is 5.52 Å². The molecule has 0 saturated heterocycles. The smallest absolute Gasteiger partial charge is 0.213 e. The van der Waals surface area contributed by atoms with Gasteiger partial charge in [0.25, 0.3) is 0 Å². The predicted octanol–water partition coefficient (Wildman–Crippen LogP) is 4.13. The fourth-order valence-corrected chi connectivity index (χ4v) is 2.28. The summed E-state index contributed by atoms with van der Waals surface area (Å²) in [5, 5.41) is 3.80. The maximum absolute atomic E-state index is 13.9. The second kappa shape index (κ2) is 5.97. The summed E-state index contributed by atoms with van der Waals surface area (Å²) >= 11 is 0. The van der Waals surface area contributed by atoms with E-state index < -0.39 is 11.6 Å². The number of hydrogen-bond acceptors (Lipinski definition) is 3. The maximum Gasteiger partial charge on any atom is 0.213 e. The lowest BCUT2D eigenvalue weighted by Crippen LogP contribution is -2.03. The molecule has 0 spiro atoms. The van der Waals surface area contributed by atoms with Crippen LogP contribution in [0.25, 0.3) is 10.9 Å². The number of pyridine rings is 1. The van der Waals surface area contributed by atoms with Crippen LogP contribution in [0.2, 0.25) is 0 Å². The van der Waals surface area contributed by atoms with Gasteiger partial charge in [-0.2, -0.15) is 0 Å². The van der Waals surface area contributed by atoms with Crippen LogP contribution < -0.4 is 10.1 Å². The van der Waals surface area contributed by atoms with Crippen LogP contribution in [0.15, 0.2) is 48.5 Å². The van der Waals surface area contributed by atoms with E-state index in [-0.39, 0.29) is 11.4 Å². The molecule has 0 aliphatic carbocycles. The van der Waals surface area contributed by atoms with Crippen molar-refractivity contribution < 1.29 is 13.5 Å². The molecule has 0 fully saturated rings. The minimum absolute atomic E-state index is 0.0239. The third-order valence-electron chi connectivity index (χ3n) is 3.40. The molecule has 3 aromatic rings. The van der Waals surface area contributed by atoms with E-state index in [0.29, 0.717) is 11.9 Å². The highest BCUT2D eigenvalue weighted by atomic mass is 19.2. The number of benzene rings is 2. The van der Waals surface area contributed by atoms with Crippen molar-refractivity contribution in [3.05, 3.63) is 65.7 Å². The molecule has 0 bridgehead atoms. The Morgan fingerprint density at radius 1 is 1.09 bits per heavy atom. The zero-order chi connectivity index (χ0) is 15.5. The zero-order valence-corrected chi connectivity index (χ0v) is 11.9. The largest absolute Gasteiger partial charge is 0.481 e. The molecule has 0 atom stereocenters. The van der Waals surface area contributed by atoms with Gasteiger partial charge < -0.3 is 10.1 Å². The Morgan fingerprint density at radius 2 is 1.86 bits per heavy atom. The molecule has 0 aliphatic heterocycles. The van der Waals surface area contributed by atoms with E-state index in [4.69, 9.17) is 4.74 Å². The number of halogens is 2. The van der Waals surface area contributed by atoms with E-state index >= 15 is 0 Å². The molecule has 0 amide bonds. The quantitative estimate of drug-likeness (QED) is 0.786. The molecule has 0 unspecified atom stereocenters. The Bertz CT molecular complexity index is 807. The van der Waals surface area contributed by atoms with E-state index in [1.54, 1.807) is 6.07 Å². The van der Waals surface area contributed by atoms with Crippen molar-refractivity contribution in [3.63, 3.8) is 0 Å². The molecule has 0 saturated carbocycles. The number of nitrogens with one attached hydrogen (secondary N) is 1. The molecule has 5 heteroatoms. The Balaban J connectivity index is 2.02. The van der Waals surface area contributed by atoms with Gasteiger partial charge in [0.05, 0.1) is 7.11 Å². The topological polar surface area (TPSA) is 34.1 Å². The number of anilines is 1. The lowest BCUT2D eigenvalue weighted by molar-refractivity contribution is 0.398. The molecule has 1 heterocycles. The van der Waals surface area contributed by atoms with Crippen molar-refractivity contribution in [1.29, 1.82) is 0 Å². The van der Waals surface area contributed by atoms with E-state index in [1.165, 1.54) is 13.2 Å². The van der Waals surface area contributed by atoms with Gasteiger partial charge in [-0.3, -0.25) is 0 Å². The Kier molecular flexibility index (Phi) is 3.87. The zero-order valence-electron chi connectivity index (χ0n) is 11.9. The lowest BCUT2D eigenvalue weighted by atomic mass is 10.1. The molecular weight excluding hydrogens is 286 g/mol. The van der Waals surface area contributed by atoms with Crippen LogP contribution in [0.4, 0.5) is 14.5 Å². The van der Waals surface area contributed by atoms with Gasteiger partial charge in [-0.1, -0.05) is 18.2 Å². The summed E-state index contributed by atoms with van der Waals surface area (Å²) in [5.74, 6) is -1.63. The fraction of sp³-hybridized carbons (Fsp3) is 0.118. The summed E-state index contributed by atoms with van der Waals surface area (Å²) < 4.78 is 32.4. The minimum Gasteiger partial charge on any atom is -0.481 e. The van der Waals surface area contributed by atoms with Crippen LogP contribution in [-0.4, -0.2) is 12.1 Å². The number of nitrogens with zero attached hydrogens (tertiary/aromatic N) is 1. The first-order chi connectivity index (χ1) is 10.7. The van der Waals surface area contributed by atoms with E-state index in [9.17, 15) is 8.78 Å². The molecule has 112 valence electrons. The Labute approximate surface area is 126 Å². The number of fused-ring (bicyclic) bond motifs is 1. The second-order valence-corrected chi connectivity index (χ2v) is 4.80. The number of para-hydroxylation sites is 1. The van der Waals surface area contributed by atoms with Crippen LogP contribution in [0.1, 0.15) is 5.56 Å². The van der Waals surface area contributed by atoms with E-state index in [0.717, 1.165) is 17.3 Å². The van der Waals surface area contributed by atoms with Crippen molar-refractivity contribution in [1.82, 2.24) is 4.98 Å². The highest BCUT2D eigenvalue weighted by Crippen LogP contribution is 2.26. The molecule has 2 aromatic carbocycles. The highest BCUT2D eigenvalue weighted by molar-refractivity contribution is 5.83. The van der Waals surface area contributed by atoms with E-state index in [1.807, 2.05) is 30.3 Å². The summed E-state index contributed by atoms with van der Waals surface area (Å²) in [7, 11) is 1.44. The number of methoxy groups -OCH3 is 1. The van der Waals surface area contributed by atoms with Crippen LogP contribution in [-0.2, 0) is 6.54 Å². The number of ether oxygens (including phenoxy) is 1. The fourth-order valence-electron chi connectivity index (χ4n) is 2.28. The van der Waals surface area contributed by atoms with Crippen molar-refractivity contribution in [2.75, 3.05) is 12.4 Å². The average Bonchev–Trinajstić information content (AvgIpc) is 2.57. The maximum atomic E-state index is 13.9. The van der Waals surface area contributed by atoms with E-state index in [2.05, 4.69) is 10.3 Å². The van der Waals surface area contributed by atoms with Gasteiger partial charge in [0.2, 0.25) is 5.88 Å². The first-order valence-electron chi connectivity index (χ1n) is 6.79. The van der Waals surface area contributed by atoms with Crippen LogP contribution in [0, 0.1) is 11.6 Å². The minimum atomic E-state index is -0.961. The molecular formula is C17H14F2N2O. The van der Waals surface area contributed by atoms with Crippen LogP contribution in [0.3, 0.4) is 0 Å². The predicted molar refractivity (Wildman–Crippen MR) is 82.0 cm³/mol. The highest BCUT2D eigenvalue weighted by Gasteiger charge is 2.13. The second-order valence-electron chi connectivity index (χ2n) is 4.80. The molecule has 0 radical (unpaired) electrons. The Hall–Kier alpha value is -2.69. The first-order valence-corrected chi connectivity index (χ1v) is 6.79. The number of hydrogen-bond donors (Lipinski definition) is 1. The molecule has 3 nitrogen and oxygen atoms in total. The molecule has 3 rings (SSSR count). The average molecular weight is 300 g/mol. The number of rotatable bonds is 4. The third-order valence-corrected chi connectivity index (χ3v) is 3.40. The first kappa shape index (κ1) is 14.3. The molecule has 22 heavy (non-hydrogen) atoms. The third kappa shape index (κ3) is 2.70. The Morgan fingerprint density at radius 3 is 2.59 bits per heavy atom. The number of aromatic nitrogens is 1. The molecule has 1 aromatic heterocycles. The van der Waals surface area contributed by atoms with Gasteiger partial charge in [0.15, 0.2) is 11.6 Å². The van der Waals surface area contributed by atoms with Crippen molar-refractivity contribution >= 4 is 16.6 Å². The SMILES string of the molecule is COc1cc(CNc2ccccc2)c2ccc(F)c(F)c2n1. The molecule has 1 N–H and O–H groups in total. The van der Waals surface area contributed by atoms with Gasteiger partial charge in [-0.15, -0.1) is 0 Å². The van der Waals surface area contributed by atoms with Crippen LogP contribution in [0.5, 0.6) is 5.88 Å². The van der Waals surface area contributed by atoms with Gasteiger partial charge >= 0.3 is 0 Å². The summed E-state index contributed by atoms with van der Waals surface area (Å²) in [6.45, 7) is 0.449. The van der Waals surface area contributed by atoms with Gasteiger partial charge in [-0.05, 0) is 29.8 Å². The summed E-state index contributed by atoms with van der Waals surface area (Å²) in [6.07, 6.45) is 0. The van der Waals surface area contributed by atoms with Crippen molar-refractivity contribution in [2.45, 2.75) is 6.54 Å². The normalized spacial score (nSPS) is 10.7. The lowest BCUT2D eigenvalue weighted by Gasteiger charge is -2.11. The van der Waals surface area contributed by atoms with Crippen molar-refractivity contribution in [3.8, 4) is 5.88 Å². The summed E-state index contributed by atoms with van der Waals surface area (Å²) in [4.78, 5) is 4.00. The summed E-state index contributed by atoms with van der Waals surface area (Å²) in [5.41, 5.74) is 1.70. The molecule has 0 aliphatic rings. The van der Waals surface area contributed by atoms with Gasteiger partial charge in [0, 0.05) is 23.7 Å².